The number of carbonyl (C=O) groups excluding carboxylic acids is 1. The first kappa shape index (κ1) is 14.9. The lowest BCUT2D eigenvalue weighted by Gasteiger charge is -2.07. The molecule has 6 nitrogen and oxygen atoms in total. The smallest absolute Gasteiger partial charge is 0.310 e. The minimum atomic E-state index is -0.756. The summed E-state index contributed by atoms with van der Waals surface area (Å²) in [6.07, 6.45) is 0. The SMILES string of the molecule is O=C(Nc1ccc(F)cc1Br)c1ccc([N+](=O)[O-])c(O)c1. The maximum absolute atomic E-state index is 12.9. The number of rotatable bonds is 3. The molecule has 1 amide bonds. The molecule has 0 atom stereocenters. The number of phenolic OH excluding ortho intramolecular Hbond substituents is 1. The number of hydrogen-bond acceptors (Lipinski definition) is 4. The van der Waals surface area contributed by atoms with Gasteiger partial charge in [0, 0.05) is 16.1 Å². The maximum atomic E-state index is 12.9. The molecule has 0 heterocycles. The third-order valence-electron chi connectivity index (χ3n) is 2.61. The zero-order valence-electron chi connectivity index (χ0n) is 10.3. The molecule has 0 radical (unpaired) electrons. The van der Waals surface area contributed by atoms with Gasteiger partial charge in [-0.15, -0.1) is 0 Å². The average Bonchev–Trinajstić information content (AvgIpc) is 2.41. The zero-order valence-corrected chi connectivity index (χ0v) is 11.9. The highest BCUT2D eigenvalue weighted by atomic mass is 79.9. The van der Waals surface area contributed by atoms with Gasteiger partial charge in [-0.3, -0.25) is 14.9 Å². The Morgan fingerprint density at radius 1 is 1.29 bits per heavy atom. The van der Waals surface area contributed by atoms with Gasteiger partial charge in [-0.25, -0.2) is 4.39 Å². The van der Waals surface area contributed by atoms with Crippen molar-refractivity contribution in [2.24, 2.45) is 0 Å². The van der Waals surface area contributed by atoms with Crippen LogP contribution in [0.4, 0.5) is 15.8 Å². The molecular weight excluding hydrogens is 347 g/mol. The predicted octanol–water partition coefficient (Wildman–Crippen LogP) is 3.45. The van der Waals surface area contributed by atoms with E-state index < -0.39 is 28.1 Å². The van der Waals surface area contributed by atoms with Gasteiger partial charge in [0.2, 0.25) is 0 Å². The van der Waals surface area contributed by atoms with Crippen molar-refractivity contribution in [3.8, 4) is 5.75 Å². The zero-order chi connectivity index (χ0) is 15.6. The summed E-state index contributed by atoms with van der Waals surface area (Å²) in [6.45, 7) is 0. The van der Waals surface area contributed by atoms with E-state index in [-0.39, 0.29) is 5.56 Å². The van der Waals surface area contributed by atoms with Gasteiger partial charge in [-0.1, -0.05) is 0 Å². The van der Waals surface area contributed by atoms with Crippen molar-refractivity contribution in [1.82, 2.24) is 0 Å². The lowest BCUT2D eigenvalue weighted by atomic mass is 10.1. The maximum Gasteiger partial charge on any atom is 0.310 e. The topological polar surface area (TPSA) is 92.5 Å². The number of nitrogens with one attached hydrogen (secondary N) is 1. The normalized spacial score (nSPS) is 10.2. The summed E-state index contributed by atoms with van der Waals surface area (Å²) in [7, 11) is 0. The van der Waals surface area contributed by atoms with Gasteiger partial charge in [0.05, 0.1) is 10.6 Å². The fraction of sp³-hybridized carbons (Fsp3) is 0. The van der Waals surface area contributed by atoms with Crippen LogP contribution in [0.25, 0.3) is 0 Å². The summed E-state index contributed by atoms with van der Waals surface area (Å²) in [5.74, 6) is -1.66. The van der Waals surface area contributed by atoms with Gasteiger partial charge < -0.3 is 10.4 Å². The summed E-state index contributed by atoms with van der Waals surface area (Å²) in [6, 6.07) is 6.96. The van der Waals surface area contributed by atoms with E-state index in [1.54, 1.807) is 0 Å². The van der Waals surface area contributed by atoms with Crippen molar-refractivity contribution < 1.29 is 19.2 Å². The van der Waals surface area contributed by atoms with Crippen LogP contribution in [0, 0.1) is 15.9 Å². The van der Waals surface area contributed by atoms with Crippen LogP contribution in [0.5, 0.6) is 5.75 Å². The number of nitro groups is 1. The number of carbonyl (C=O) groups is 1. The molecule has 2 rings (SSSR count). The van der Waals surface area contributed by atoms with E-state index in [1.165, 1.54) is 24.3 Å². The molecule has 21 heavy (non-hydrogen) atoms. The Bertz CT molecular complexity index is 736. The molecule has 0 unspecified atom stereocenters. The number of aromatic hydroxyl groups is 1. The Labute approximate surface area is 126 Å². The van der Waals surface area contributed by atoms with E-state index in [2.05, 4.69) is 21.2 Å². The molecule has 0 saturated carbocycles. The van der Waals surface area contributed by atoms with Crippen LogP contribution in [0.3, 0.4) is 0 Å². The molecule has 0 aliphatic heterocycles. The Morgan fingerprint density at radius 3 is 2.57 bits per heavy atom. The number of hydrogen-bond donors (Lipinski definition) is 2. The van der Waals surface area contributed by atoms with Gasteiger partial charge >= 0.3 is 5.69 Å². The second-order valence-corrected chi connectivity index (χ2v) is 4.89. The lowest BCUT2D eigenvalue weighted by molar-refractivity contribution is -0.385. The molecular formula is C13H8BrFN2O4. The number of amides is 1. The van der Waals surface area contributed by atoms with E-state index in [1.807, 2.05) is 0 Å². The van der Waals surface area contributed by atoms with Crippen molar-refractivity contribution in [2.75, 3.05) is 5.32 Å². The Morgan fingerprint density at radius 2 is 2.00 bits per heavy atom. The van der Waals surface area contributed by atoms with E-state index in [0.717, 1.165) is 12.1 Å². The van der Waals surface area contributed by atoms with Crippen LogP contribution >= 0.6 is 15.9 Å². The quantitative estimate of drug-likeness (QED) is 0.652. The highest BCUT2D eigenvalue weighted by molar-refractivity contribution is 9.10. The Balaban J connectivity index is 2.24. The van der Waals surface area contributed by atoms with Gasteiger partial charge in [-0.2, -0.15) is 0 Å². The van der Waals surface area contributed by atoms with Crippen LogP contribution in [-0.4, -0.2) is 15.9 Å². The van der Waals surface area contributed by atoms with E-state index in [0.29, 0.717) is 10.2 Å². The van der Waals surface area contributed by atoms with Crippen molar-refractivity contribution in [3.63, 3.8) is 0 Å². The third kappa shape index (κ3) is 3.34. The molecule has 0 aliphatic carbocycles. The first-order valence-corrected chi connectivity index (χ1v) is 6.41. The van der Waals surface area contributed by atoms with Gasteiger partial charge in [0.25, 0.3) is 5.91 Å². The molecule has 0 bridgehead atoms. The summed E-state index contributed by atoms with van der Waals surface area (Å²) < 4.78 is 13.3. The molecule has 2 aromatic rings. The number of benzene rings is 2. The predicted molar refractivity (Wildman–Crippen MR) is 76.8 cm³/mol. The first-order chi connectivity index (χ1) is 9.88. The second-order valence-electron chi connectivity index (χ2n) is 4.04. The fourth-order valence-electron chi connectivity index (χ4n) is 1.60. The van der Waals surface area contributed by atoms with E-state index in [4.69, 9.17) is 0 Å². The number of nitrogens with zero attached hydrogens (tertiary/aromatic N) is 1. The number of nitro benzene ring substituents is 1. The molecule has 0 saturated heterocycles. The summed E-state index contributed by atoms with van der Waals surface area (Å²) in [5, 5.41) is 22.6. The van der Waals surface area contributed by atoms with Crippen LogP contribution in [-0.2, 0) is 0 Å². The number of anilines is 1. The Hall–Kier alpha value is -2.48. The van der Waals surface area contributed by atoms with Crippen LogP contribution < -0.4 is 5.32 Å². The molecule has 108 valence electrons. The van der Waals surface area contributed by atoms with Crippen molar-refractivity contribution in [1.29, 1.82) is 0 Å². The summed E-state index contributed by atoms with van der Waals surface area (Å²) >= 11 is 3.10. The van der Waals surface area contributed by atoms with Crippen LogP contribution in [0.1, 0.15) is 10.4 Å². The lowest BCUT2D eigenvalue weighted by Crippen LogP contribution is -2.12. The Kier molecular flexibility index (Phi) is 4.18. The highest BCUT2D eigenvalue weighted by Crippen LogP contribution is 2.28. The molecule has 0 fully saturated rings. The van der Waals surface area contributed by atoms with Crippen molar-refractivity contribution >= 4 is 33.2 Å². The molecule has 0 aromatic heterocycles. The van der Waals surface area contributed by atoms with Crippen LogP contribution in [0.15, 0.2) is 40.9 Å². The van der Waals surface area contributed by atoms with Gasteiger partial charge in [-0.05, 0) is 46.3 Å². The second kappa shape index (κ2) is 5.88. The van der Waals surface area contributed by atoms with Crippen LogP contribution in [0.2, 0.25) is 0 Å². The highest BCUT2D eigenvalue weighted by Gasteiger charge is 2.16. The first-order valence-electron chi connectivity index (χ1n) is 5.62. The van der Waals surface area contributed by atoms with E-state index in [9.17, 15) is 24.4 Å². The summed E-state index contributed by atoms with van der Waals surface area (Å²) in [5.41, 5.74) is -0.122. The minimum absolute atomic E-state index is 0.0364. The van der Waals surface area contributed by atoms with Gasteiger partial charge in [0.1, 0.15) is 5.82 Å². The molecule has 0 spiro atoms. The fourth-order valence-corrected chi connectivity index (χ4v) is 2.05. The molecule has 2 N–H and O–H groups in total. The summed E-state index contributed by atoms with van der Waals surface area (Å²) in [4.78, 5) is 21.8. The minimum Gasteiger partial charge on any atom is -0.502 e. The largest absolute Gasteiger partial charge is 0.502 e. The van der Waals surface area contributed by atoms with Crippen molar-refractivity contribution in [2.45, 2.75) is 0 Å². The standard InChI is InChI=1S/C13H8BrFN2O4/c14-9-6-8(15)2-3-10(9)16-13(19)7-1-4-11(17(20)21)12(18)5-7/h1-6,18H,(H,16,19). The monoisotopic (exact) mass is 354 g/mol. The number of halogens is 2. The molecule has 0 aliphatic rings. The molecule has 2 aromatic carbocycles. The van der Waals surface area contributed by atoms with Crippen molar-refractivity contribution in [3.05, 3.63) is 62.4 Å². The molecule has 8 heteroatoms. The third-order valence-corrected chi connectivity index (χ3v) is 3.27. The van der Waals surface area contributed by atoms with E-state index >= 15 is 0 Å². The average molecular weight is 355 g/mol. The number of phenols is 1. The van der Waals surface area contributed by atoms with Gasteiger partial charge in [0.15, 0.2) is 5.75 Å².